The molecular weight excluding hydrogens is 693 g/mol. The van der Waals surface area contributed by atoms with Gasteiger partial charge < -0.3 is 19.9 Å². The summed E-state index contributed by atoms with van der Waals surface area (Å²) in [6, 6.07) is 29.5. The van der Waals surface area contributed by atoms with Gasteiger partial charge in [-0.3, -0.25) is 4.79 Å². The summed E-state index contributed by atoms with van der Waals surface area (Å²) in [7, 11) is -4.00. The van der Waals surface area contributed by atoms with Crippen molar-refractivity contribution < 1.29 is 27.8 Å². The summed E-state index contributed by atoms with van der Waals surface area (Å²) in [5.41, 5.74) is 4.68. The number of thioether (sulfide) groups is 1. The minimum absolute atomic E-state index is 0.0454. The number of aliphatic hydroxyl groups excluding tert-OH is 1. The minimum atomic E-state index is -4.00. The van der Waals surface area contributed by atoms with E-state index in [1.807, 2.05) is 74.5 Å². The molecule has 6 rings (SSSR count). The first kappa shape index (κ1) is 35.9. The zero-order valence-corrected chi connectivity index (χ0v) is 30.0. The number of ether oxygens (including phenoxy) is 2. The van der Waals surface area contributed by atoms with Crippen LogP contribution in [-0.2, 0) is 37.3 Å². The number of sulfonamides is 1. The number of aromatic nitrogens is 2. The fourth-order valence-corrected chi connectivity index (χ4v) is 8.58. The van der Waals surface area contributed by atoms with Crippen LogP contribution in [0.1, 0.15) is 51.6 Å². The molecule has 260 valence electrons. The topological polar surface area (TPSA) is 140 Å². The number of amides is 1. The predicted molar refractivity (Wildman–Crippen MR) is 194 cm³/mol. The van der Waals surface area contributed by atoms with Gasteiger partial charge in [0.15, 0.2) is 10.6 Å². The van der Waals surface area contributed by atoms with Gasteiger partial charge in [0.2, 0.25) is 15.9 Å². The zero-order chi connectivity index (χ0) is 35.1. The molecule has 1 saturated heterocycles. The Kier molecular flexibility index (Phi) is 11.7. The smallest absolute Gasteiger partial charge is 0.242 e. The summed E-state index contributed by atoms with van der Waals surface area (Å²) in [6.45, 7) is 3.75. The third kappa shape index (κ3) is 9.43. The van der Waals surface area contributed by atoms with Gasteiger partial charge in [0.05, 0.1) is 23.7 Å². The van der Waals surface area contributed by atoms with Gasteiger partial charge in [0.25, 0.3) is 0 Å². The van der Waals surface area contributed by atoms with Crippen molar-refractivity contribution in [3.8, 4) is 0 Å². The van der Waals surface area contributed by atoms with E-state index in [9.17, 15) is 18.3 Å². The molecule has 0 saturated carbocycles. The van der Waals surface area contributed by atoms with Crippen molar-refractivity contribution in [1.29, 1.82) is 0 Å². The molecule has 0 spiro atoms. The fraction of sp³-hybridized carbons (Fsp3) is 0.270. The lowest BCUT2D eigenvalue weighted by Gasteiger charge is -2.36. The van der Waals surface area contributed by atoms with Gasteiger partial charge >= 0.3 is 0 Å². The van der Waals surface area contributed by atoms with E-state index in [0.717, 1.165) is 31.6 Å². The molecule has 13 heteroatoms. The lowest BCUT2D eigenvalue weighted by molar-refractivity contribution is -0.245. The van der Waals surface area contributed by atoms with E-state index in [-0.39, 0.29) is 30.1 Å². The first-order valence-corrected chi connectivity index (χ1v) is 19.4. The van der Waals surface area contributed by atoms with Gasteiger partial charge in [-0.2, -0.15) is 4.72 Å². The molecule has 1 aliphatic heterocycles. The third-order valence-electron chi connectivity index (χ3n) is 8.17. The predicted octanol–water partition coefficient (Wildman–Crippen LogP) is 6.51. The molecule has 1 amide bonds. The van der Waals surface area contributed by atoms with E-state index in [2.05, 4.69) is 20.2 Å². The standard InChI is InChI=1S/C37H38N4O6S3/c1-24-11-17-32(18-12-24)50(44,45)41-33(19-26-7-4-3-5-8-26)35(43)38-30-10-6-9-29(20-30)36-46-31(23-48-37-40-39-25(2)49-37)21-34(47-36)28-15-13-27(22-42)14-16-28/h3-18,20,31,33-34,36,41-42H,19,21-23H2,1-2H3,(H,38,43)/t31-,33-,34+,36+/m1/s1. The normalized spacial score (nSPS) is 18.4. The first-order chi connectivity index (χ1) is 24.1. The van der Waals surface area contributed by atoms with E-state index < -0.39 is 28.3 Å². The van der Waals surface area contributed by atoms with E-state index in [1.54, 1.807) is 42.1 Å². The summed E-state index contributed by atoms with van der Waals surface area (Å²) in [4.78, 5) is 13.9. The maximum absolute atomic E-state index is 13.8. The van der Waals surface area contributed by atoms with Crippen LogP contribution >= 0.6 is 23.1 Å². The van der Waals surface area contributed by atoms with Gasteiger partial charge in [-0.25, -0.2) is 8.42 Å². The number of aryl methyl sites for hydroxylation is 2. The van der Waals surface area contributed by atoms with Gasteiger partial charge in [0, 0.05) is 23.4 Å². The molecule has 5 aromatic rings. The van der Waals surface area contributed by atoms with Crippen molar-refractivity contribution in [3.05, 3.63) is 136 Å². The van der Waals surface area contributed by atoms with Crippen molar-refractivity contribution in [2.45, 2.75) is 67.1 Å². The Morgan fingerprint density at radius 3 is 2.38 bits per heavy atom. The highest BCUT2D eigenvalue weighted by Gasteiger charge is 2.33. The van der Waals surface area contributed by atoms with Crippen molar-refractivity contribution >= 4 is 44.7 Å². The molecule has 0 aliphatic carbocycles. The number of hydrogen-bond donors (Lipinski definition) is 3. The molecule has 50 heavy (non-hydrogen) atoms. The van der Waals surface area contributed by atoms with Crippen LogP contribution in [-0.4, -0.2) is 47.5 Å². The number of aliphatic hydroxyl groups is 1. The van der Waals surface area contributed by atoms with E-state index in [1.165, 1.54) is 23.5 Å². The fourth-order valence-electron chi connectivity index (χ4n) is 5.53. The largest absolute Gasteiger partial charge is 0.392 e. The maximum atomic E-state index is 13.8. The Balaban J connectivity index is 1.21. The van der Waals surface area contributed by atoms with E-state index >= 15 is 0 Å². The zero-order valence-electron chi connectivity index (χ0n) is 27.6. The molecule has 0 unspecified atom stereocenters. The molecule has 3 N–H and O–H groups in total. The highest BCUT2D eigenvalue weighted by Crippen LogP contribution is 2.40. The summed E-state index contributed by atoms with van der Waals surface area (Å²) in [5.74, 6) is 0.133. The number of carbonyl (C=O) groups excluding carboxylic acids is 1. The Bertz CT molecular complexity index is 1990. The number of carbonyl (C=O) groups is 1. The van der Waals surface area contributed by atoms with Crippen molar-refractivity contribution in [2.75, 3.05) is 11.1 Å². The second-order valence-electron chi connectivity index (χ2n) is 12.0. The SMILES string of the molecule is Cc1ccc(S(=O)(=O)N[C@H](Cc2ccccc2)C(=O)Nc2cccc([C@H]3O[C@@H](CSc4nnc(C)s4)C[C@@H](c4ccc(CO)cc4)O3)c2)cc1. The van der Waals surface area contributed by atoms with Crippen LogP contribution in [0, 0.1) is 13.8 Å². The van der Waals surface area contributed by atoms with E-state index in [4.69, 9.17) is 9.47 Å². The first-order valence-electron chi connectivity index (χ1n) is 16.1. The molecule has 0 bridgehead atoms. The van der Waals surface area contributed by atoms with Gasteiger partial charge in [-0.1, -0.05) is 108 Å². The number of anilines is 1. The van der Waals surface area contributed by atoms with Crippen molar-refractivity contribution in [2.24, 2.45) is 0 Å². The Hall–Kier alpha value is -3.95. The van der Waals surface area contributed by atoms with Crippen LogP contribution in [0.15, 0.2) is 112 Å². The number of benzene rings is 4. The van der Waals surface area contributed by atoms with E-state index in [0.29, 0.717) is 23.4 Å². The molecule has 1 aromatic heterocycles. The summed E-state index contributed by atoms with van der Waals surface area (Å²) < 4.78 is 43.2. The average molecular weight is 731 g/mol. The highest BCUT2D eigenvalue weighted by atomic mass is 32.2. The molecule has 4 atom stereocenters. The van der Waals surface area contributed by atoms with Crippen LogP contribution in [0.4, 0.5) is 5.69 Å². The monoisotopic (exact) mass is 730 g/mol. The molecule has 10 nitrogen and oxygen atoms in total. The second-order valence-corrected chi connectivity index (χ2v) is 16.2. The van der Waals surface area contributed by atoms with Crippen LogP contribution in [0.5, 0.6) is 0 Å². The number of nitrogens with zero attached hydrogens (tertiary/aromatic N) is 2. The van der Waals surface area contributed by atoms with Gasteiger partial charge in [-0.05, 0) is 61.2 Å². The molecular formula is C37H38N4O6S3. The lowest BCUT2D eigenvalue weighted by atomic mass is 10.0. The molecule has 1 aliphatic rings. The van der Waals surface area contributed by atoms with Crippen LogP contribution < -0.4 is 10.0 Å². The Morgan fingerprint density at radius 1 is 0.920 bits per heavy atom. The highest BCUT2D eigenvalue weighted by molar-refractivity contribution is 8.01. The summed E-state index contributed by atoms with van der Waals surface area (Å²) >= 11 is 3.12. The molecule has 0 radical (unpaired) electrons. The summed E-state index contributed by atoms with van der Waals surface area (Å²) in [5, 5.41) is 21.7. The summed E-state index contributed by atoms with van der Waals surface area (Å²) in [6.07, 6.45) is -0.456. The van der Waals surface area contributed by atoms with Gasteiger partial charge in [0.1, 0.15) is 11.0 Å². The Morgan fingerprint density at radius 2 is 1.68 bits per heavy atom. The van der Waals surface area contributed by atoms with Crippen molar-refractivity contribution in [3.63, 3.8) is 0 Å². The minimum Gasteiger partial charge on any atom is -0.392 e. The maximum Gasteiger partial charge on any atom is 0.242 e. The average Bonchev–Trinajstić information content (AvgIpc) is 3.55. The third-order valence-corrected chi connectivity index (χ3v) is 11.8. The number of hydrogen-bond acceptors (Lipinski definition) is 10. The molecule has 1 fully saturated rings. The van der Waals surface area contributed by atoms with Crippen LogP contribution in [0.25, 0.3) is 0 Å². The Labute approximate surface area is 300 Å². The quantitative estimate of drug-likeness (QED) is 0.116. The van der Waals surface area contributed by atoms with Crippen LogP contribution in [0.3, 0.4) is 0 Å². The van der Waals surface area contributed by atoms with Gasteiger partial charge in [-0.15, -0.1) is 10.2 Å². The number of nitrogens with one attached hydrogen (secondary N) is 2. The van der Waals surface area contributed by atoms with Crippen LogP contribution in [0.2, 0.25) is 0 Å². The molecule has 2 heterocycles. The second kappa shape index (κ2) is 16.4. The molecule has 4 aromatic carbocycles. The van der Waals surface area contributed by atoms with Crippen molar-refractivity contribution in [1.82, 2.24) is 14.9 Å². The number of rotatable bonds is 13. The lowest BCUT2D eigenvalue weighted by Crippen LogP contribution is -2.45.